The minimum atomic E-state index is -0.597. The minimum absolute atomic E-state index is 0.101. The van der Waals surface area contributed by atoms with Crippen molar-refractivity contribution < 1.29 is 19.2 Å². The number of methoxy groups -OCH3 is 2. The molecule has 1 heterocycles. The average Bonchev–Trinajstić information content (AvgIpc) is 3.27. The van der Waals surface area contributed by atoms with E-state index in [4.69, 9.17) is 26.1 Å². The van der Waals surface area contributed by atoms with Gasteiger partial charge in [0.25, 0.3) is 11.6 Å². The number of thiazole rings is 1. The summed E-state index contributed by atoms with van der Waals surface area (Å²) in [5, 5.41) is 12.9. The fraction of sp³-hybridized carbons (Fsp3) is 0.391. The van der Waals surface area contributed by atoms with Crippen molar-refractivity contribution in [2.45, 2.75) is 20.8 Å². The minimum Gasteiger partial charge on any atom is -0.493 e. The average molecular weight is 507 g/mol. The van der Waals surface area contributed by atoms with Gasteiger partial charge in [-0.1, -0.05) is 36.8 Å². The number of aryl methyl sites for hydroxylation is 1. The summed E-state index contributed by atoms with van der Waals surface area (Å²) in [6.45, 7) is 8.45. The van der Waals surface area contributed by atoms with E-state index in [1.165, 1.54) is 42.6 Å². The number of ether oxygens (including phenoxy) is 2. The van der Waals surface area contributed by atoms with Gasteiger partial charge in [0.1, 0.15) is 5.56 Å². The number of hydrogen-bond donors (Lipinski definition) is 0. The van der Waals surface area contributed by atoms with Crippen LogP contribution in [0.4, 0.5) is 10.8 Å². The van der Waals surface area contributed by atoms with Crippen molar-refractivity contribution in [1.82, 2.24) is 9.88 Å². The zero-order chi connectivity index (χ0) is 25.0. The van der Waals surface area contributed by atoms with E-state index in [9.17, 15) is 14.9 Å². The molecule has 34 heavy (non-hydrogen) atoms. The molecule has 0 aliphatic rings. The molecule has 0 radical (unpaired) electrons. The fourth-order valence-corrected chi connectivity index (χ4v) is 4.81. The monoisotopic (exact) mass is 506 g/mol. The Hall–Kier alpha value is -2.95. The normalized spacial score (nSPS) is 11.1. The van der Waals surface area contributed by atoms with Crippen LogP contribution in [0, 0.1) is 17.0 Å². The van der Waals surface area contributed by atoms with E-state index < -0.39 is 10.8 Å². The van der Waals surface area contributed by atoms with E-state index in [-0.39, 0.29) is 22.7 Å². The van der Waals surface area contributed by atoms with Crippen LogP contribution in [0.5, 0.6) is 11.5 Å². The van der Waals surface area contributed by atoms with Crippen LogP contribution in [0.1, 0.15) is 29.8 Å². The number of hydrogen-bond acceptors (Lipinski definition) is 8. The molecule has 2 aromatic carbocycles. The molecule has 0 unspecified atom stereocenters. The standard InChI is InChI=1S/C23H27ClN4O5S/c1-6-26(7-2)10-11-27(23-25-21-14(3)16(24)8-9-20(21)34-23)22(29)15-12-18(32-4)19(33-5)13-17(15)28(30)31/h8-9,12-13H,6-7,10-11H2,1-5H3. The van der Waals surface area contributed by atoms with Gasteiger partial charge in [-0.3, -0.25) is 19.8 Å². The topological polar surface area (TPSA) is 98.0 Å². The van der Waals surface area contributed by atoms with Crippen molar-refractivity contribution >= 4 is 49.9 Å². The number of benzene rings is 2. The molecule has 0 aliphatic carbocycles. The zero-order valence-corrected chi connectivity index (χ0v) is 21.3. The summed E-state index contributed by atoms with van der Waals surface area (Å²) in [4.78, 5) is 33.4. The third-order valence-corrected chi connectivity index (χ3v) is 7.13. The molecule has 11 heteroatoms. The van der Waals surface area contributed by atoms with Crippen LogP contribution in [-0.4, -0.2) is 61.1 Å². The molecule has 3 rings (SSSR count). The maximum absolute atomic E-state index is 13.8. The van der Waals surface area contributed by atoms with Gasteiger partial charge in [-0.15, -0.1) is 0 Å². The Kier molecular flexibility index (Phi) is 8.29. The lowest BCUT2D eigenvalue weighted by molar-refractivity contribution is -0.385. The Morgan fingerprint density at radius 1 is 1.15 bits per heavy atom. The summed E-state index contributed by atoms with van der Waals surface area (Å²) in [6, 6.07) is 6.20. The zero-order valence-electron chi connectivity index (χ0n) is 19.8. The first-order valence-electron chi connectivity index (χ1n) is 10.8. The van der Waals surface area contributed by atoms with E-state index >= 15 is 0 Å². The van der Waals surface area contributed by atoms with Gasteiger partial charge in [0.15, 0.2) is 16.6 Å². The van der Waals surface area contributed by atoms with E-state index in [0.29, 0.717) is 28.8 Å². The highest BCUT2D eigenvalue weighted by Crippen LogP contribution is 2.38. The van der Waals surface area contributed by atoms with Gasteiger partial charge in [0, 0.05) is 24.2 Å². The molecule has 0 aliphatic heterocycles. The van der Waals surface area contributed by atoms with Crippen molar-refractivity contribution in [2.24, 2.45) is 0 Å². The second-order valence-corrected chi connectivity index (χ2v) is 8.90. The molecule has 0 atom stereocenters. The maximum Gasteiger partial charge on any atom is 0.286 e. The number of nitro benzene ring substituents is 1. The number of fused-ring (bicyclic) bond motifs is 1. The lowest BCUT2D eigenvalue weighted by atomic mass is 10.1. The quantitative estimate of drug-likeness (QED) is 0.276. The van der Waals surface area contributed by atoms with Crippen LogP contribution in [0.3, 0.4) is 0 Å². The summed E-state index contributed by atoms with van der Waals surface area (Å²) in [5.41, 5.74) is 1.05. The van der Waals surface area contributed by atoms with Crippen LogP contribution in [0.25, 0.3) is 10.2 Å². The second-order valence-electron chi connectivity index (χ2n) is 7.48. The van der Waals surface area contributed by atoms with E-state index in [1.807, 2.05) is 26.8 Å². The smallest absolute Gasteiger partial charge is 0.286 e. The number of anilines is 1. The highest BCUT2D eigenvalue weighted by Gasteiger charge is 2.30. The summed E-state index contributed by atoms with van der Waals surface area (Å²) in [7, 11) is 2.80. The predicted molar refractivity (Wildman–Crippen MR) is 135 cm³/mol. The van der Waals surface area contributed by atoms with E-state index in [0.717, 1.165) is 23.4 Å². The number of rotatable bonds is 10. The van der Waals surface area contributed by atoms with Gasteiger partial charge in [-0.2, -0.15) is 0 Å². The fourth-order valence-electron chi connectivity index (χ4n) is 3.61. The largest absolute Gasteiger partial charge is 0.493 e. The lowest BCUT2D eigenvalue weighted by Gasteiger charge is -2.25. The molecule has 0 spiro atoms. The Labute approximate surface area is 207 Å². The van der Waals surface area contributed by atoms with Crippen LogP contribution >= 0.6 is 22.9 Å². The molecule has 1 aromatic heterocycles. The summed E-state index contributed by atoms with van der Waals surface area (Å²) < 4.78 is 11.4. The Bertz CT molecular complexity index is 1210. The molecule has 9 nitrogen and oxygen atoms in total. The van der Waals surface area contributed by atoms with Crippen LogP contribution < -0.4 is 14.4 Å². The molecular formula is C23H27ClN4O5S. The SMILES string of the molecule is CCN(CC)CCN(C(=O)c1cc(OC)c(OC)cc1[N+](=O)[O-])c1nc2c(C)c(Cl)ccc2s1. The Balaban J connectivity index is 2.14. The van der Waals surface area contributed by atoms with Crippen LogP contribution in [0.15, 0.2) is 24.3 Å². The van der Waals surface area contributed by atoms with Gasteiger partial charge >= 0.3 is 0 Å². The maximum atomic E-state index is 13.8. The van der Waals surface area contributed by atoms with Crippen molar-refractivity contribution in [1.29, 1.82) is 0 Å². The predicted octanol–water partition coefficient (Wildman–Crippen LogP) is 5.17. The van der Waals surface area contributed by atoms with Gasteiger partial charge in [0.05, 0.1) is 35.4 Å². The number of likely N-dealkylation sites (N-methyl/N-ethyl adjacent to an activating group) is 1. The van der Waals surface area contributed by atoms with Crippen molar-refractivity contribution in [3.05, 3.63) is 50.5 Å². The molecule has 0 N–H and O–H groups in total. The Morgan fingerprint density at radius 2 is 1.79 bits per heavy atom. The molecule has 3 aromatic rings. The number of carbonyl (C=O) groups is 1. The molecule has 1 amide bonds. The molecule has 0 saturated carbocycles. The summed E-state index contributed by atoms with van der Waals surface area (Å²) >= 11 is 7.61. The number of amides is 1. The summed E-state index contributed by atoms with van der Waals surface area (Å²) in [6.07, 6.45) is 0. The van der Waals surface area contributed by atoms with Gasteiger partial charge in [0.2, 0.25) is 0 Å². The highest BCUT2D eigenvalue weighted by molar-refractivity contribution is 7.22. The first-order chi connectivity index (χ1) is 16.2. The number of carbonyl (C=O) groups excluding carboxylic acids is 1. The molecule has 0 fully saturated rings. The second kappa shape index (κ2) is 11.0. The number of aromatic nitrogens is 1. The highest BCUT2D eigenvalue weighted by atomic mass is 35.5. The lowest BCUT2D eigenvalue weighted by Crippen LogP contribution is -2.39. The number of halogens is 1. The van der Waals surface area contributed by atoms with Crippen LogP contribution in [-0.2, 0) is 0 Å². The van der Waals surface area contributed by atoms with Gasteiger partial charge in [-0.25, -0.2) is 4.98 Å². The summed E-state index contributed by atoms with van der Waals surface area (Å²) in [5.74, 6) is -0.139. The first kappa shape index (κ1) is 25.7. The molecular weight excluding hydrogens is 480 g/mol. The Morgan fingerprint density at radius 3 is 2.38 bits per heavy atom. The third kappa shape index (κ3) is 5.08. The molecule has 0 bridgehead atoms. The van der Waals surface area contributed by atoms with Crippen molar-refractivity contribution in [3.8, 4) is 11.5 Å². The number of nitrogens with zero attached hydrogens (tertiary/aromatic N) is 4. The van der Waals surface area contributed by atoms with Gasteiger partial charge < -0.3 is 14.4 Å². The van der Waals surface area contributed by atoms with E-state index in [2.05, 4.69) is 4.90 Å². The van der Waals surface area contributed by atoms with Crippen molar-refractivity contribution in [2.75, 3.05) is 45.3 Å². The van der Waals surface area contributed by atoms with Crippen molar-refractivity contribution in [3.63, 3.8) is 0 Å². The first-order valence-corrected chi connectivity index (χ1v) is 11.9. The molecule has 0 saturated heterocycles. The van der Waals surface area contributed by atoms with E-state index in [1.54, 1.807) is 6.07 Å². The molecule has 182 valence electrons. The third-order valence-electron chi connectivity index (χ3n) is 5.68. The number of nitro groups is 1. The van der Waals surface area contributed by atoms with Crippen LogP contribution in [0.2, 0.25) is 5.02 Å². The van der Waals surface area contributed by atoms with Gasteiger partial charge in [-0.05, 0) is 37.7 Å².